The Bertz CT molecular complexity index is 984. The molecule has 0 fully saturated rings. The molecule has 2 aliphatic rings. The third-order valence-corrected chi connectivity index (χ3v) is 5.34. The molecule has 0 atom stereocenters. The molecule has 31 heavy (non-hydrogen) atoms. The maximum absolute atomic E-state index is 15.0. The summed E-state index contributed by atoms with van der Waals surface area (Å²) in [5.41, 5.74) is 0.305. The summed E-state index contributed by atoms with van der Waals surface area (Å²) in [5.74, 6) is -3.14. The van der Waals surface area contributed by atoms with Crippen molar-refractivity contribution in [3.8, 4) is 5.75 Å². The molecular weight excluding hydrogens is 407 g/mol. The summed E-state index contributed by atoms with van der Waals surface area (Å²) in [4.78, 5) is 52.4. The molecule has 1 heterocycles. The van der Waals surface area contributed by atoms with E-state index in [-0.39, 0.29) is 53.2 Å². The second-order valence-corrected chi connectivity index (χ2v) is 7.73. The standard InChI is InChI=1S/C22H25FN2O6/c1-12(2)24-18-10-17(16(23)9-19(18)31-11-20(24)27)25(13(3)26)21(28)14-7-5-6-8-15(14)22(29)30-4/h9-10,12H,5-8,11H2,1-4H3. The number of fused-ring (bicyclic) bond motifs is 1. The summed E-state index contributed by atoms with van der Waals surface area (Å²) >= 11 is 0. The lowest BCUT2D eigenvalue weighted by Gasteiger charge is -2.34. The molecule has 0 saturated heterocycles. The van der Waals surface area contributed by atoms with Gasteiger partial charge in [-0.05, 0) is 45.6 Å². The van der Waals surface area contributed by atoms with Crippen LogP contribution in [0.15, 0.2) is 23.3 Å². The maximum atomic E-state index is 15.0. The predicted octanol–water partition coefficient (Wildman–Crippen LogP) is 2.88. The van der Waals surface area contributed by atoms with E-state index in [2.05, 4.69) is 0 Å². The molecule has 1 aromatic rings. The largest absolute Gasteiger partial charge is 0.481 e. The van der Waals surface area contributed by atoms with Crippen molar-refractivity contribution in [3.05, 3.63) is 29.1 Å². The van der Waals surface area contributed by atoms with Gasteiger partial charge in [-0.1, -0.05) is 0 Å². The second kappa shape index (κ2) is 8.87. The molecule has 3 rings (SSSR count). The molecule has 0 unspecified atom stereocenters. The van der Waals surface area contributed by atoms with Crippen LogP contribution in [0.4, 0.5) is 15.8 Å². The van der Waals surface area contributed by atoms with Crippen molar-refractivity contribution in [2.24, 2.45) is 0 Å². The minimum atomic E-state index is -0.851. The van der Waals surface area contributed by atoms with Gasteiger partial charge < -0.3 is 14.4 Å². The molecule has 0 spiro atoms. The first kappa shape index (κ1) is 22.5. The summed E-state index contributed by atoms with van der Waals surface area (Å²) < 4.78 is 25.1. The summed E-state index contributed by atoms with van der Waals surface area (Å²) in [5, 5.41) is 0. The minimum absolute atomic E-state index is 0.137. The number of carbonyl (C=O) groups is 4. The molecule has 3 amide bonds. The van der Waals surface area contributed by atoms with Crippen molar-refractivity contribution < 1.29 is 33.0 Å². The SMILES string of the molecule is COC(=O)C1=C(C(=O)N(C(C)=O)c2cc3c(cc2F)OCC(=O)N3C(C)C)CCCC1. The van der Waals surface area contributed by atoms with Crippen LogP contribution in [0, 0.1) is 5.82 Å². The molecule has 0 aromatic heterocycles. The minimum Gasteiger partial charge on any atom is -0.481 e. The highest BCUT2D eigenvalue weighted by molar-refractivity contribution is 6.22. The third-order valence-electron chi connectivity index (χ3n) is 5.34. The fourth-order valence-electron chi connectivity index (χ4n) is 3.96. The number of benzene rings is 1. The van der Waals surface area contributed by atoms with Crippen molar-refractivity contribution >= 4 is 35.1 Å². The van der Waals surface area contributed by atoms with Crippen molar-refractivity contribution in [1.82, 2.24) is 0 Å². The van der Waals surface area contributed by atoms with E-state index in [1.807, 2.05) is 0 Å². The maximum Gasteiger partial charge on any atom is 0.334 e. The molecule has 0 radical (unpaired) electrons. The van der Waals surface area contributed by atoms with Gasteiger partial charge in [0.1, 0.15) is 5.75 Å². The molecule has 1 aromatic carbocycles. The number of imide groups is 1. The van der Waals surface area contributed by atoms with Gasteiger partial charge in [-0.2, -0.15) is 0 Å². The smallest absolute Gasteiger partial charge is 0.334 e. The van der Waals surface area contributed by atoms with Gasteiger partial charge in [0.2, 0.25) is 5.91 Å². The number of carbonyl (C=O) groups excluding carboxylic acids is 4. The van der Waals surface area contributed by atoms with E-state index in [1.165, 1.54) is 18.1 Å². The molecular formula is C22H25FN2O6. The predicted molar refractivity (Wildman–Crippen MR) is 110 cm³/mol. The number of halogens is 1. The quantitative estimate of drug-likeness (QED) is 0.680. The monoisotopic (exact) mass is 432 g/mol. The zero-order valence-electron chi connectivity index (χ0n) is 18.0. The number of esters is 1. The Kier molecular flexibility index (Phi) is 6.42. The van der Waals surface area contributed by atoms with Crippen molar-refractivity contribution in [3.63, 3.8) is 0 Å². The first-order valence-corrected chi connectivity index (χ1v) is 10.1. The van der Waals surface area contributed by atoms with Gasteiger partial charge in [-0.15, -0.1) is 0 Å². The van der Waals surface area contributed by atoms with Crippen LogP contribution >= 0.6 is 0 Å². The van der Waals surface area contributed by atoms with E-state index in [9.17, 15) is 19.2 Å². The van der Waals surface area contributed by atoms with E-state index in [4.69, 9.17) is 9.47 Å². The number of amides is 3. The Morgan fingerprint density at radius 2 is 1.81 bits per heavy atom. The Balaban J connectivity index is 2.13. The van der Waals surface area contributed by atoms with Crippen LogP contribution in [0.5, 0.6) is 5.75 Å². The molecule has 0 saturated carbocycles. The molecule has 9 heteroatoms. The average Bonchev–Trinajstić information content (AvgIpc) is 2.73. The number of methoxy groups -OCH3 is 1. The zero-order chi connectivity index (χ0) is 22.9. The number of anilines is 2. The van der Waals surface area contributed by atoms with E-state index in [0.717, 1.165) is 13.0 Å². The third kappa shape index (κ3) is 4.17. The van der Waals surface area contributed by atoms with Gasteiger partial charge in [-0.25, -0.2) is 14.1 Å². The highest BCUT2D eigenvalue weighted by Gasteiger charge is 2.35. The highest BCUT2D eigenvalue weighted by atomic mass is 19.1. The summed E-state index contributed by atoms with van der Waals surface area (Å²) in [7, 11) is 1.22. The van der Waals surface area contributed by atoms with Crippen LogP contribution in [-0.4, -0.2) is 43.4 Å². The van der Waals surface area contributed by atoms with Gasteiger partial charge in [0.25, 0.3) is 11.8 Å². The Hall–Kier alpha value is -3.23. The van der Waals surface area contributed by atoms with E-state index >= 15 is 4.39 Å². The fourth-order valence-corrected chi connectivity index (χ4v) is 3.96. The van der Waals surface area contributed by atoms with Gasteiger partial charge in [0.05, 0.1) is 18.5 Å². The van der Waals surface area contributed by atoms with Crippen LogP contribution in [0.1, 0.15) is 46.5 Å². The van der Waals surface area contributed by atoms with Crippen LogP contribution in [0.25, 0.3) is 0 Å². The lowest BCUT2D eigenvalue weighted by atomic mass is 9.90. The number of nitrogens with zero attached hydrogens (tertiary/aromatic N) is 2. The van der Waals surface area contributed by atoms with E-state index in [0.29, 0.717) is 24.2 Å². The normalized spacial score (nSPS) is 16.1. The molecule has 8 nitrogen and oxygen atoms in total. The molecule has 0 bridgehead atoms. The molecule has 166 valence electrons. The Morgan fingerprint density at radius 3 is 2.39 bits per heavy atom. The van der Waals surface area contributed by atoms with Crippen molar-refractivity contribution in [2.45, 2.75) is 52.5 Å². The van der Waals surface area contributed by atoms with Gasteiger partial charge in [-0.3, -0.25) is 14.4 Å². The number of ether oxygens (including phenoxy) is 2. The highest BCUT2D eigenvalue weighted by Crippen LogP contribution is 2.39. The van der Waals surface area contributed by atoms with E-state index < -0.39 is 23.6 Å². The van der Waals surface area contributed by atoms with Crippen LogP contribution in [-0.2, 0) is 23.9 Å². The number of hydrogen-bond acceptors (Lipinski definition) is 6. The lowest BCUT2D eigenvalue weighted by molar-refractivity contribution is -0.137. The van der Waals surface area contributed by atoms with E-state index in [1.54, 1.807) is 13.8 Å². The van der Waals surface area contributed by atoms with Gasteiger partial charge in [0, 0.05) is 30.2 Å². The zero-order valence-corrected chi connectivity index (χ0v) is 18.0. The topological polar surface area (TPSA) is 93.2 Å². The molecule has 1 aliphatic heterocycles. The average molecular weight is 432 g/mol. The number of hydrogen-bond donors (Lipinski definition) is 0. The van der Waals surface area contributed by atoms with Crippen molar-refractivity contribution in [1.29, 1.82) is 0 Å². The molecule has 1 aliphatic carbocycles. The summed E-state index contributed by atoms with van der Waals surface area (Å²) in [6.45, 7) is 4.49. The van der Waals surface area contributed by atoms with Gasteiger partial charge in [0.15, 0.2) is 12.4 Å². The lowest BCUT2D eigenvalue weighted by Crippen LogP contribution is -2.44. The van der Waals surface area contributed by atoms with Crippen LogP contribution < -0.4 is 14.5 Å². The second-order valence-electron chi connectivity index (χ2n) is 7.73. The number of rotatable bonds is 4. The molecule has 0 N–H and O–H groups in total. The first-order valence-electron chi connectivity index (χ1n) is 10.1. The fraction of sp³-hybridized carbons (Fsp3) is 0.455. The van der Waals surface area contributed by atoms with Crippen molar-refractivity contribution in [2.75, 3.05) is 23.5 Å². The Morgan fingerprint density at radius 1 is 1.16 bits per heavy atom. The Labute approximate surface area is 179 Å². The summed E-state index contributed by atoms with van der Waals surface area (Å²) in [6, 6.07) is 2.08. The summed E-state index contributed by atoms with van der Waals surface area (Å²) in [6.07, 6.45) is 1.98. The van der Waals surface area contributed by atoms with Crippen LogP contribution in [0.3, 0.4) is 0 Å². The first-order chi connectivity index (χ1) is 14.7. The van der Waals surface area contributed by atoms with Crippen LogP contribution in [0.2, 0.25) is 0 Å². The van der Waals surface area contributed by atoms with Gasteiger partial charge >= 0.3 is 5.97 Å².